The summed E-state index contributed by atoms with van der Waals surface area (Å²) in [6.07, 6.45) is 5.92. The lowest BCUT2D eigenvalue weighted by Crippen LogP contribution is -2.11. The molecule has 1 aromatic heterocycles. The van der Waals surface area contributed by atoms with Gasteiger partial charge in [-0.05, 0) is 59.2 Å². The molecule has 92 valence electrons. The third kappa shape index (κ3) is 2.55. The van der Waals surface area contributed by atoms with Crippen molar-refractivity contribution in [1.29, 1.82) is 0 Å². The van der Waals surface area contributed by atoms with E-state index in [1.807, 2.05) is 0 Å². The largest absolute Gasteiger partial charge is 0.385 e. The molecule has 3 rings (SSSR count). The molecule has 1 aliphatic rings. The van der Waals surface area contributed by atoms with Crippen molar-refractivity contribution in [3.8, 4) is 0 Å². The lowest BCUT2D eigenvalue weighted by atomic mass is 10.0. The minimum Gasteiger partial charge on any atom is -0.385 e. The number of anilines is 3. The molecular weight excluding hydrogens is 339 g/mol. The van der Waals surface area contributed by atoms with Crippen molar-refractivity contribution in [2.24, 2.45) is 0 Å². The fourth-order valence-corrected chi connectivity index (χ4v) is 2.34. The summed E-state index contributed by atoms with van der Waals surface area (Å²) >= 11 is 2.19. The van der Waals surface area contributed by atoms with Gasteiger partial charge in [-0.25, -0.2) is 9.97 Å². The van der Waals surface area contributed by atoms with Gasteiger partial charge in [-0.1, -0.05) is 0 Å². The maximum absolute atomic E-state index is 4.24. The molecule has 0 saturated heterocycles. The molecule has 0 spiro atoms. The molecule has 2 heterocycles. The highest BCUT2D eigenvalue weighted by Gasteiger charge is 2.09. The predicted molar refractivity (Wildman–Crippen MR) is 81.3 cm³/mol. The summed E-state index contributed by atoms with van der Waals surface area (Å²) in [5.74, 6) is 0.638. The SMILES string of the molecule is Ic1cnc(Nc2ccc3c(c2)CCCN3)nc1. The topological polar surface area (TPSA) is 49.8 Å². The first-order valence-electron chi connectivity index (χ1n) is 5.93. The summed E-state index contributed by atoms with van der Waals surface area (Å²) in [7, 11) is 0. The van der Waals surface area contributed by atoms with Crippen LogP contribution in [0.4, 0.5) is 17.3 Å². The van der Waals surface area contributed by atoms with Crippen molar-refractivity contribution in [2.45, 2.75) is 12.8 Å². The van der Waals surface area contributed by atoms with Crippen LogP contribution in [0.25, 0.3) is 0 Å². The molecule has 4 nitrogen and oxygen atoms in total. The molecule has 0 radical (unpaired) electrons. The molecular formula is C13H13IN4. The Morgan fingerprint density at radius 2 is 2.06 bits per heavy atom. The van der Waals surface area contributed by atoms with Crippen LogP contribution in [0.1, 0.15) is 12.0 Å². The van der Waals surface area contributed by atoms with Gasteiger partial charge in [0.05, 0.1) is 0 Å². The summed E-state index contributed by atoms with van der Waals surface area (Å²) in [5, 5.41) is 6.63. The third-order valence-corrected chi connectivity index (χ3v) is 3.48. The summed E-state index contributed by atoms with van der Waals surface area (Å²) < 4.78 is 1.03. The second-order valence-corrected chi connectivity index (χ2v) is 5.50. The number of hydrogen-bond acceptors (Lipinski definition) is 4. The van der Waals surface area contributed by atoms with Gasteiger partial charge in [-0.3, -0.25) is 0 Å². The Hall–Kier alpha value is -1.37. The summed E-state index contributed by atoms with van der Waals surface area (Å²) in [6.45, 7) is 1.07. The fraction of sp³-hybridized carbons (Fsp3) is 0.231. The summed E-state index contributed by atoms with van der Waals surface area (Å²) in [5.41, 5.74) is 3.64. The van der Waals surface area contributed by atoms with E-state index in [-0.39, 0.29) is 0 Å². The summed E-state index contributed by atoms with van der Waals surface area (Å²) in [4.78, 5) is 8.48. The Morgan fingerprint density at radius 1 is 1.22 bits per heavy atom. The van der Waals surface area contributed by atoms with Gasteiger partial charge in [0, 0.05) is 33.9 Å². The standard InChI is InChI=1S/C13H13IN4/c14-10-7-16-13(17-8-10)18-11-3-4-12-9(6-11)2-1-5-15-12/h3-4,6-8,15H,1-2,5H2,(H,16,17,18). The lowest BCUT2D eigenvalue weighted by Gasteiger charge is -2.18. The van der Waals surface area contributed by atoms with E-state index < -0.39 is 0 Å². The van der Waals surface area contributed by atoms with Gasteiger partial charge >= 0.3 is 0 Å². The molecule has 2 N–H and O–H groups in total. The normalized spacial score (nSPS) is 13.6. The molecule has 1 aliphatic heterocycles. The van der Waals surface area contributed by atoms with Crippen molar-refractivity contribution >= 4 is 39.9 Å². The Morgan fingerprint density at radius 3 is 2.89 bits per heavy atom. The van der Waals surface area contributed by atoms with Crippen LogP contribution in [0.3, 0.4) is 0 Å². The van der Waals surface area contributed by atoms with Gasteiger partial charge in [-0.2, -0.15) is 0 Å². The quantitative estimate of drug-likeness (QED) is 0.816. The smallest absolute Gasteiger partial charge is 0.227 e. The number of aryl methyl sites for hydroxylation is 1. The van der Waals surface area contributed by atoms with E-state index in [1.54, 1.807) is 12.4 Å². The minimum atomic E-state index is 0.638. The maximum Gasteiger partial charge on any atom is 0.227 e. The molecule has 2 aromatic rings. The van der Waals surface area contributed by atoms with Gasteiger partial charge in [-0.15, -0.1) is 0 Å². The number of rotatable bonds is 2. The molecule has 0 atom stereocenters. The van der Waals surface area contributed by atoms with Crippen LogP contribution in [0.2, 0.25) is 0 Å². The molecule has 0 bridgehead atoms. The van der Waals surface area contributed by atoms with Gasteiger partial charge in [0.2, 0.25) is 5.95 Å². The zero-order valence-corrected chi connectivity index (χ0v) is 11.9. The number of halogens is 1. The van der Waals surface area contributed by atoms with Gasteiger partial charge in [0.15, 0.2) is 0 Å². The second-order valence-electron chi connectivity index (χ2n) is 4.25. The van der Waals surface area contributed by atoms with E-state index in [2.05, 4.69) is 61.4 Å². The molecule has 0 unspecified atom stereocenters. The highest BCUT2D eigenvalue weighted by molar-refractivity contribution is 14.1. The van der Waals surface area contributed by atoms with E-state index in [9.17, 15) is 0 Å². The van der Waals surface area contributed by atoms with Crippen molar-refractivity contribution in [1.82, 2.24) is 9.97 Å². The number of aromatic nitrogens is 2. The predicted octanol–water partition coefficient (Wildman–Crippen LogP) is 3.18. The van der Waals surface area contributed by atoms with Crippen molar-refractivity contribution < 1.29 is 0 Å². The average molecular weight is 352 g/mol. The molecule has 0 fully saturated rings. The highest BCUT2D eigenvalue weighted by Crippen LogP contribution is 2.26. The monoisotopic (exact) mass is 352 g/mol. The molecule has 1 aromatic carbocycles. The van der Waals surface area contributed by atoms with Crippen LogP contribution >= 0.6 is 22.6 Å². The van der Waals surface area contributed by atoms with Crippen LogP contribution < -0.4 is 10.6 Å². The third-order valence-electron chi connectivity index (χ3n) is 2.92. The Labute approximate surface area is 119 Å². The van der Waals surface area contributed by atoms with Crippen molar-refractivity contribution in [3.63, 3.8) is 0 Å². The van der Waals surface area contributed by atoms with Crippen LogP contribution in [-0.2, 0) is 6.42 Å². The fourth-order valence-electron chi connectivity index (χ4n) is 2.06. The van der Waals surface area contributed by atoms with Crippen molar-refractivity contribution in [2.75, 3.05) is 17.2 Å². The van der Waals surface area contributed by atoms with Gasteiger partial charge in [0.25, 0.3) is 0 Å². The zero-order valence-electron chi connectivity index (χ0n) is 9.78. The number of nitrogens with one attached hydrogen (secondary N) is 2. The van der Waals surface area contributed by atoms with Crippen LogP contribution in [0, 0.1) is 3.57 Å². The minimum absolute atomic E-state index is 0.638. The Bertz CT molecular complexity index is 553. The van der Waals surface area contributed by atoms with E-state index in [1.165, 1.54) is 17.7 Å². The zero-order chi connectivity index (χ0) is 12.4. The first kappa shape index (κ1) is 11.7. The van der Waals surface area contributed by atoms with E-state index in [0.29, 0.717) is 5.95 Å². The Kier molecular flexibility index (Phi) is 3.31. The Balaban J connectivity index is 1.82. The summed E-state index contributed by atoms with van der Waals surface area (Å²) in [6, 6.07) is 6.34. The second kappa shape index (κ2) is 5.09. The van der Waals surface area contributed by atoms with Crippen molar-refractivity contribution in [3.05, 3.63) is 39.7 Å². The van der Waals surface area contributed by atoms with E-state index in [0.717, 1.165) is 22.2 Å². The average Bonchev–Trinajstić information content (AvgIpc) is 2.41. The highest BCUT2D eigenvalue weighted by atomic mass is 127. The van der Waals surface area contributed by atoms with Crippen LogP contribution in [0.5, 0.6) is 0 Å². The van der Waals surface area contributed by atoms with Crippen LogP contribution in [-0.4, -0.2) is 16.5 Å². The molecule has 0 aliphatic carbocycles. The van der Waals surface area contributed by atoms with Gasteiger partial charge in [0.1, 0.15) is 0 Å². The molecule has 0 amide bonds. The maximum atomic E-state index is 4.24. The molecule has 18 heavy (non-hydrogen) atoms. The van der Waals surface area contributed by atoms with E-state index in [4.69, 9.17) is 0 Å². The molecule has 0 saturated carbocycles. The number of hydrogen-bond donors (Lipinski definition) is 2. The van der Waals surface area contributed by atoms with E-state index >= 15 is 0 Å². The van der Waals surface area contributed by atoms with Gasteiger partial charge < -0.3 is 10.6 Å². The number of fused-ring (bicyclic) bond motifs is 1. The molecule has 5 heteroatoms. The van der Waals surface area contributed by atoms with Crippen LogP contribution in [0.15, 0.2) is 30.6 Å². The number of nitrogens with zero attached hydrogens (tertiary/aromatic N) is 2. The number of benzene rings is 1. The first-order valence-corrected chi connectivity index (χ1v) is 7.00. The first-order chi connectivity index (χ1) is 8.81. The lowest BCUT2D eigenvalue weighted by molar-refractivity contribution is 0.830.